The Bertz CT molecular complexity index is 1470. The van der Waals surface area contributed by atoms with Crippen molar-refractivity contribution in [3.63, 3.8) is 0 Å². The number of ether oxygens (including phenoxy) is 6. The van der Waals surface area contributed by atoms with Gasteiger partial charge >= 0.3 is 11.9 Å². The molecule has 1 aromatic heterocycles. The lowest BCUT2D eigenvalue weighted by atomic mass is 9.65. The Morgan fingerprint density at radius 2 is 2.00 bits per heavy atom. The summed E-state index contributed by atoms with van der Waals surface area (Å²) in [7, 11) is 1.84. The normalized spacial score (nSPS) is 37.1. The zero-order valence-electron chi connectivity index (χ0n) is 29.1. The molecule has 0 unspecified atom stereocenters. The number of imidazole rings is 1. The minimum absolute atomic E-state index is 0.116. The van der Waals surface area contributed by atoms with E-state index in [4.69, 9.17) is 28.4 Å². The zero-order valence-corrected chi connectivity index (χ0v) is 29.1. The summed E-state index contributed by atoms with van der Waals surface area (Å²) in [4.78, 5) is 29.5. The van der Waals surface area contributed by atoms with Gasteiger partial charge in [0.2, 0.25) is 5.79 Å². The van der Waals surface area contributed by atoms with Gasteiger partial charge in [0.15, 0.2) is 12.4 Å². The fourth-order valence-corrected chi connectivity index (χ4v) is 7.37. The number of rotatable bonds is 11. The van der Waals surface area contributed by atoms with E-state index in [1.54, 1.807) is 29.2 Å². The monoisotopic (exact) mass is 686 g/mol. The molecule has 270 valence electrons. The summed E-state index contributed by atoms with van der Waals surface area (Å²) in [5.74, 6) is -2.61. The van der Waals surface area contributed by atoms with E-state index in [1.165, 1.54) is 13.0 Å². The maximum absolute atomic E-state index is 13.3. The van der Waals surface area contributed by atoms with Crippen LogP contribution in [0.3, 0.4) is 0 Å². The summed E-state index contributed by atoms with van der Waals surface area (Å²) in [6, 6.07) is 0. The molecule has 1 saturated heterocycles. The van der Waals surface area contributed by atoms with E-state index < -0.39 is 54.0 Å². The highest BCUT2D eigenvalue weighted by Gasteiger charge is 2.54. The molecule has 3 N–H and O–H groups in total. The first kappa shape index (κ1) is 37.1. The molecular weight excluding hydrogens is 636 g/mol. The molecule has 1 aliphatic carbocycles. The van der Waals surface area contributed by atoms with Gasteiger partial charge in [0.05, 0.1) is 31.8 Å². The first-order chi connectivity index (χ1) is 23.3. The predicted molar refractivity (Wildman–Crippen MR) is 176 cm³/mol. The third kappa shape index (κ3) is 8.09. The van der Waals surface area contributed by atoms with Gasteiger partial charge in [-0.25, -0.2) is 9.78 Å². The summed E-state index contributed by atoms with van der Waals surface area (Å²) < 4.78 is 38.5. The van der Waals surface area contributed by atoms with Gasteiger partial charge in [-0.05, 0) is 74.2 Å². The van der Waals surface area contributed by atoms with Crippen molar-refractivity contribution < 1.29 is 53.3 Å². The first-order valence-electron chi connectivity index (χ1n) is 17.0. The average Bonchev–Trinajstić information content (AvgIpc) is 3.64. The molecule has 4 aliphatic rings. The molecule has 13 nitrogen and oxygen atoms in total. The number of nitrogens with zero attached hydrogens (tertiary/aromatic N) is 2. The van der Waals surface area contributed by atoms with Crippen molar-refractivity contribution >= 4 is 18.0 Å². The van der Waals surface area contributed by atoms with Crippen molar-refractivity contribution in [1.82, 2.24) is 9.55 Å². The predicted octanol–water partition coefficient (Wildman–Crippen LogP) is 2.61. The van der Waals surface area contributed by atoms with Crippen molar-refractivity contribution in [3.05, 3.63) is 59.7 Å². The van der Waals surface area contributed by atoms with Crippen molar-refractivity contribution in [2.24, 2.45) is 30.7 Å². The number of esters is 2. The highest BCUT2D eigenvalue weighted by molar-refractivity contribution is 5.86. The Kier molecular flexibility index (Phi) is 11.6. The fourth-order valence-electron chi connectivity index (χ4n) is 7.37. The average molecular weight is 687 g/mol. The van der Waals surface area contributed by atoms with Crippen LogP contribution in [0.1, 0.15) is 53.2 Å². The molecule has 49 heavy (non-hydrogen) atoms. The van der Waals surface area contributed by atoms with Gasteiger partial charge in [-0.2, -0.15) is 0 Å². The van der Waals surface area contributed by atoms with Crippen LogP contribution in [0.25, 0.3) is 6.08 Å². The van der Waals surface area contributed by atoms with Crippen LogP contribution < -0.4 is 0 Å². The van der Waals surface area contributed by atoms with Crippen molar-refractivity contribution in [2.75, 3.05) is 26.4 Å². The lowest BCUT2D eigenvalue weighted by Gasteiger charge is -2.41. The zero-order chi connectivity index (χ0) is 35.5. The molecule has 0 aromatic carbocycles. The van der Waals surface area contributed by atoms with E-state index in [0.717, 1.165) is 12.0 Å². The number of fused-ring (bicyclic) bond motifs is 3. The van der Waals surface area contributed by atoms with Crippen molar-refractivity contribution in [3.8, 4) is 0 Å². The standard InChI is InChI=1S/C36H50N2O11/c1-7-46-36-13-12-35(5,49-36)30(48-31(42)11-9-25-16-38(6)20-37-25)15-27-23(17-39)8-10-26(21(2)3)28(27)14-24(36)18-44-34-33(47-22(4)40)32(43)29(41)19-45-34/h8-9,11-14,16,20-21,26-30,32-34,39,41,43H,7,10,15,17-19H2,1-6H3/b11-9+,24-14-/t26-,27+,28-,29-,30+,32-,33+,34-,35+,36-/m1/s1. The highest BCUT2D eigenvalue weighted by atomic mass is 16.7. The Labute approximate surface area is 287 Å². The molecule has 3 aliphatic heterocycles. The number of hydrogen-bond donors (Lipinski definition) is 3. The van der Waals surface area contributed by atoms with Crippen LogP contribution in [0.4, 0.5) is 0 Å². The summed E-state index contributed by atoms with van der Waals surface area (Å²) in [5.41, 5.74) is 0.910. The van der Waals surface area contributed by atoms with Gasteiger partial charge in [-0.15, -0.1) is 0 Å². The Morgan fingerprint density at radius 3 is 2.65 bits per heavy atom. The molecular formula is C36H50N2O11. The number of hydrogen-bond acceptors (Lipinski definition) is 12. The highest BCUT2D eigenvalue weighted by Crippen LogP contribution is 2.50. The Morgan fingerprint density at radius 1 is 1.22 bits per heavy atom. The number of aryl methyl sites for hydroxylation is 1. The largest absolute Gasteiger partial charge is 0.456 e. The first-order valence-corrected chi connectivity index (χ1v) is 17.0. The topological polar surface area (TPSA) is 168 Å². The number of allylic oxidation sites excluding steroid dienone is 2. The maximum atomic E-state index is 13.3. The Hall–Kier alpha value is -3.17. The van der Waals surface area contributed by atoms with Gasteiger partial charge in [0, 0.05) is 38.4 Å². The van der Waals surface area contributed by atoms with Crippen LogP contribution in [0, 0.1) is 23.7 Å². The van der Waals surface area contributed by atoms with Crippen LogP contribution in [0.15, 0.2) is 54.1 Å². The van der Waals surface area contributed by atoms with Gasteiger partial charge < -0.3 is 48.3 Å². The molecule has 1 aromatic rings. The maximum Gasteiger partial charge on any atom is 0.331 e. The molecule has 13 heteroatoms. The van der Waals surface area contributed by atoms with E-state index in [1.807, 2.05) is 27.0 Å². The van der Waals surface area contributed by atoms with Crippen LogP contribution in [0.2, 0.25) is 0 Å². The van der Waals surface area contributed by atoms with Crippen molar-refractivity contribution in [1.29, 1.82) is 0 Å². The Balaban J connectivity index is 1.53. The molecule has 1 fully saturated rings. The second-order valence-electron chi connectivity index (χ2n) is 13.8. The lowest BCUT2D eigenvalue weighted by molar-refractivity contribution is -0.278. The van der Waals surface area contributed by atoms with Gasteiger partial charge in [0.25, 0.3) is 0 Å². The van der Waals surface area contributed by atoms with E-state index in [-0.39, 0.29) is 50.1 Å². The summed E-state index contributed by atoms with van der Waals surface area (Å²) >= 11 is 0. The minimum atomic E-state index is -1.43. The second kappa shape index (κ2) is 15.4. The van der Waals surface area contributed by atoms with Crippen LogP contribution >= 0.6 is 0 Å². The molecule has 5 rings (SSSR count). The number of carbonyl (C=O) groups is 2. The van der Waals surface area contributed by atoms with Gasteiger partial charge in [0.1, 0.15) is 23.9 Å². The van der Waals surface area contributed by atoms with Crippen molar-refractivity contribution in [2.45, 2.75) is 89.6 Å². The molecule has 0 amide bonds. The number of aliphatic hydroxyl groups excluding tert-OH is 3. The number of aromatic nitrogens is 2. The van der Waals surface area contributed by atoms with Crippen LogP contribution in [-0.2, 0) is 45.1 Å². The quantitative estimate of drug-likeness (QED) is 0.177. The minimum Gasteiger partial charge on any atom is -0.456 e. The SMILES string of the molecule is CCO[C@]12C=C[C@](C)(O1)[C@@H](OC(=O)/C=C/c1cn(C)cn1)C[C@H]1C(CO)=CC[C@H](C(C)C)[C@H]1/C=C\2CO[C@@H]1OC[C@@H](O)[C@@H](O)[C@@H]1OC(C)=O. The summed E-state index contributed by atoms with van der Waals surface area (Å²) in [5, 5.41) is 31.4. The van der Waals surface area contributed by atoms with Gasteiger partial charge in [-0.3, -0.25) is 4.79 Å². The van der Waals surface area contributed by atoms with Crippen LogP contribution in [-0.4, -0.2) is 105 Å². The summed E-state index contributed by atoms with van der Waals surface area (Å²) in [6.45, 7) is 8.97. The van der Waals surface area contributed by atoms with Crippen LogP contribution in [0.5, 0.6) is 0 Å². The molecule has 2 bridgehead atoms. The number of carbonyl (C=O) groups excluding carboxylic acids is 2. The summed E-state index contributed by atoms with van der Waals surface area (Å²) in [6.07, 6.45) is 9.35. The molecule has 10 atom stereocenters. The lowest BCUT2D eigenvalue weighted by Crippen LogP contribution is -2.55. The van der Waals surface area contributed by atoms with E-state index >= 15 is 0 Å². The van der Waals surface area contributed by atoms with E-state index in [9.17, 15) is 24.9 Å². The smallest absolute Gasteiger partial charge is 0.331 e. The fraction of sp³-hybridized carbons (Fsp3) is 0.639. The van der Waals surface area contributed by atoms with E-state index in [0.29, 0.717) is 17.7 Å². The third-order valence-electron chi connectivity index (χ3n) is 9.95. The second-order valence-corrected chi connectivity index (χ2v) is 13.8. The molecule has 0 spiro atoms. The van der Waals surface area contributed by atoms with Gasteiger partial charge in [-0.1, -0.05) is 26.0 Å². The third-order valence-corrected chi connectivity index (χ3v) is 9.95. The molecule has 0 saturated carbocycles. The van der Waals surface area contributed by atoms with E-state index in [2.05, 4.69) is 31.0 Å². The molecule has 0 radical (unpaired) electrons. The number of aliphatic hydroxyl groups is 3. The molecule has 4 heterocycles.